The third kappa shape index (κ3) is 8.15. The van der Waals surface area contributed by atoms with Crippen LogP contribution in [-0.4, -0.2) is 70.2 Å². The largest absolute Gasteiger partial charge is 0.488 e. The molecule has 0 saturated carbocycles. The Balaban J connectivity index is 1.35. The molecule has 0 aliphatic carbocycles. The van der Waals surface area contributed by atoms with E-state index in [0.29, 0.717) is 36.6 Å². The molecule has 47 heavy (non-hydrogen) atoms. The van der Waals surface area contributed by atoms with Crippen LogP contribution < -0.4 is 10.1 Å². The van der Waals surface area contributed by atoms with E-state index in [9.17, 15) is 27.9 Å². The smallest absolute Gasteiger partial charge is 0.416 e. The Labute approximate surface area is 272 Å². The van der Waals surface area contributed by atoms with Crippen molar-refractivity contribution in [2.24, 2.45) is 13.0 Å². The number of anilines is 1. The summed E-state index contributed by atoms with van der Waals surface area (Å²) in [5, 5.41) is 13.9. The monoisotopic (exact) mass is 650 g/mol. The second-order valence-electron chi connectivity index (χ2n) is 12.6. The second-order valence-corrected chi connectivity index (χ2v) is 12.6. The van der Waals surface area contributed by atoms with Gasteiger partial charge in [0.15, 0.2) is 0 Å². The minimum atomic E-state index is -4.40. The van der Waals surface area contributed by atoms with E-state index in [1.807, 2.05) is 60.9 Å². The Kier molecular flexibility index (Phi) is 10.3. The van der Waals surface area contributed by atoms with Crippen LogP contribution in [0, 0.1) is 5.92 Å². The average molecular weight is 651 g/mol. The molecule has 2 amide bonds. The molecule has 250 valence electrons. The van der Waals surface area contributed by atoms with Gasteiger partial charge in [-0.25, -0.2) is 0 Å². The SMILES string of the molecule is C[C@H]1CN([C@@H](C)CO)C(=O)Cc2cc(NC(=O)Cc3cn(C)c4ccccc34)ccc2O[C@@H]1CN(C)Cc1ccc(C(F)(F)F)cc1. The molecular formula is C36H41F3N4O4. The van der Waals surface area contributed by atoms with Crippen LogP contribution in [0.25, 0.3) is 10.9 Å². The van der Waals surface area contributed by atoms with Crippen LogP contribution in [0.2, 0.25) is 0 Å². The number of fused-ring (bicyclic) bond motifs is 2. The standard InChI is InChI=1S/C36H41F3N4O4/c1-23-18-43(24(2)22-44)35(46)17-26-15-29(40-34(45)16-27-20-42(4)31-8-6-5-7-30(27)31)13-14-32(26)47-33(23)21-41(3)19-25-9-11-28(12-10-25)36(37,38)39/h5-15,20,23-24,33,44H,16-19,21-22H2,1-4H3,(H,40,45)/t23-,24-,33+/m0/s1. The first-order valence-corrected chi connectivity index (χ1v) is 15.7. The molecule has 1 aliphatic rings. The lowest BCUT2D eigenvalue weighted by atomic mass is 10.0. The van der Waals surface area contributed by atoms with Gasteiger partial charge in [-0.15, -0.1) is 0 Å². The number of carbonyl (C=O) groups excluding carboxylic acids is 2. The number of aliphatic hydroxyl groups excluding tert-OH is 1. The van der Waals surface area contributed by atoms with E-state index in [0.717, 1.165) is 34.2 Å². The van der Waals surface area contributed by atoms with Gasteiger partial charge < -0.3 is 24.6 Å². The molecule has 4 aromatic rings. The summed E-state index contributed by atoms with van der Waals surface area (Å²) in [5.74, 6) is 0.0162. The number of alkyl halides is 3. The molecule has 0 fully saturated rings. The first kappa shape index (κ1) is 34.0. The van der Waals surface area contributed by atoms with Crippen molar-refractivity contribution in [2.45, 2.75) is 51.6 Å². The molecule has 2 N–H and O–H groups in total. The fourth-order valence-corrected chi connectivity index (χ4v) is 6.15. The Hall–Kier alpha value is -4.35. The summed E-state index contributed by atoms with van der Waals surface area (Å²) in [7, 11) is 3.81. The minimum Gasteiger partial charge on any atom is -0.488 e. The first-order chi connectivity index (χ1) is 22.3. The molecule has 11 heteroatoms. The highest BCUT2D eigenvalue weighted by molar-refractivity contribution is 5.96. The predicted octanol–water partition coefficient (Wildman–Crippen LogP) is 5.66. The van der Waals surface area contributed by atoms with E-state index < -0.39 is 17.8 Å². The minimum absolute atomic E-state index is 0.0214. The lowest BCUT2D eigenvalue weighted by Crippen LogP contribution is -2.47. The summed E-state index contributed by atoms with van der Waals surface area (Å²) < 4.78 is 47.7. The third-order valence-corrected chi connectivity index (χ3v) is 8.76. The van der Waals surface area contributed by atoms with Crippen molar-refractivity contribution in [3.05, 3.63) is 95.2 Å². The Morgan fingerprint density at radius 3 is 2.55 bits per heavy atom. The summed E-state index contributed by atoms with van der Waals surface area (Å²) in [6, 6.07) is 17.9. The number of halogens is 3. The maximum absolute atomic E-state index is 13.6. The molecule has 0 saturated heterocycles. The Morgan fingerprint density at radius 2 is 1.85 bits per heavy atom. The molecule has 0 spiro atoms. The number of aryl methyl sites for hydroxylation is 1. The van der Waals surface area contributed by atoms with Crippen LogP contribution in [0.4, 0.5) is 18.9 Å². The first-order valence-electron chi connectivity index (χ1n) is 15.7. The van der Waals surface area contributed by atoms with Gasteiger partial charge >= 0.3 is 6.18 Å². The van der Waals surface area contributed by atoms with Crippen molar-refractivity contribution in [1.29, 1.82) is 0 Å². The number of aliphatic hydroxyl groups is 1. The van der Waals surface area contributed by atoms with Gasteiger partial charge in [0.2, 0.25) is 11.8 Å². The zero-order valence-electron chi connectivity index (χ0n) is 27.1. The fraction of sp³-hybridized carbons (Fsp3) is 0.389. The van der Waals surface area contributed by atoms with Gasteiger partial charge in [-0.2, -0.15) is 13.2 Å². The molecule has 2 heterocycles. The quantitative estimate of drug-likeness (QED) is 0.244. The second kappa shape index (κ2) is 14.2. The fourth-order valence-electron chi connectivity index (χ4n) is 6.15. The number of hydrogen-bond donors (Lipinski definition) is 2. The summed E-state index contributed by atoms with van der Waals surface area (Å²) in [4.78, 5) is 30.4. The van der Waals surface area contributed by atoms with Crippen molar-refractivity contribution in [1.82, 2.24) is 14.4 Å². The molecule has 0 bridgehead atoms. The number of ether oxygens (including phenoxy) is 1. The number of amides is 2. The predicted molar refractivity (Wildman–Crippen MR) is 175 cm³/mol. The highest BCUT2D eigenvalue weighted by Crippen LogP contribution is 2.31. The van der Waals surface area contributed by atoms with Gasteiger partial charge in [0.25, 0.3) is 0 Å². The summed E-state index contributed by atoms with van der Waals surface area (Å²) in [6.45, 7) is 4.75. The molecule has 0 radical (unpaired) electrons. The highest BCUT2D eigenvalue weighted by Gasteiger charge is 2.32. The summed E-state index contributed by atoms with van der Waals surface area (Å²) >= 11 is 0. The van der Waals surface area contributed by atoms with E-state index in [4.69, 9.17) is 4.74 Å². The number of nitrogens with one attached hydrogen (secondary N) is 1. The van der Waals surface area contributed by atoms with E-state index in [1.165, 1.54) is 12.1 Å². The lowest BCUT2D eigenvalue weighted by Gasteiger charge is -2.34. The van der Waals surface area contributed by atoms with Crippen molar-refractivity contribution < 1.29 is 32.6 Å². The number of benzene rings is 3. The van der Waals surface area contributed by atoms with E-state index >= 15 is 0 Å². The zero-order chi connectivity index (χ0) is 33.9. The molecule has 0 unspecified atom stereocenters. The van der Waals surface area contributed by atoms with Crippen LogP contribution in [0.15, 0.2) is 72.9 Å². The molecule has 8 nitrogen and oxygen atoms in total. The zero-order valence-corrected chi connectivity index (χ0v) is 27.1. The highest BCUT2D eigenvalue weighted by atomic mass is 19.4. The van der Waals surface area contributed by atoms with E-state index in [-0.39, 0.29) is 43.3 Å². The van der Waals surface area contributed by atoms with Gasteiger partial charge in [-0.1, -0.05) is 37.3 Å². The number of likely N-dealkylation sites (N-methyl/N-ethyl adjacent to an activating group) is 1. The van der Waals surface area contributed by atoms with E-state index in [2.05, 4.69) is 5.32 Å². The van der Waals surface area contributed by atoms with Gasteiger partial charge in [0.05, 0.1) is 31.1 Å². The number of hydrogen-bond acceptors (Lipinski definition) is 5. The topological polar surface area (TPSA) is 87.0 Å². The van der Waals surface area contributed by atoms with Crippen molar-refractivity contribution in [2.75, 3.05) is 32.1 Å². The number of aromatic nitrogens is 1. The maximum atomic E-state index is 13.6. The van der Waals surface area contributed by atoms with Crippen LogP contribution >= 0.6 is 0 Å². The summed E-state index contributed by atoms with van der Waals surface area (Å²) in [6.07, 6.45) is -2.63. The summed E-state index contributed by atoms with van der Waals surface area (Å²) in [5.41, 5.74) is 3.13. The molecule has 1 aromatic heterocycles. The van der Waals surface area contributed by atoms with Crippen molar-refractivity contribution >= 4 is 28.4 Å². The third-order valence-electron chi connectivity index (χ3n) is 8.76. The Morgan fingerprint density at radius 1 is 1.13 bits per heavy atom. The number of carbonyl (C=O) groups is 2. The van der Waals surface area contributed by atoms with Gasteiger partial charge in [0.1, 0.15) is 11.9 Å². The van der Waals surface area contributed by atoms with Crippen molar-refractivity contribution in [3.63, 3.8) is 0 Å². The molecule has 3 atom stereocenters. The van der Waals surface area contributed by atoms with Crippen LogP contribution in [0.5, 0.6) is 5.75 Å². The molecule has 3 aromatic carbocycles. The average Bonchev–Trinajstić information content (AvgIpc) is 3.35. The lowest BCUT2D eigenvalue weighted by molar-refractivity contribution is -0.137. The van der Waals surface area contributed by atoms with E-state index in [1.54, 1.807) is 30.0 Å². The Bertz CT molecular complexity index is 1720. The maximum Gasteiger partial charge on any atom is 0.416 e. The molecular weight excluding hydrogens is 609 g/mol. The normalized spacial score (nSPS) is 17.9. The van der Waals surface area contributed by atoms with Gasteiger partial charge in [0, 0.05) is 61.0 Å². The van der Waals surface area contributed by atoms with Crippen LogP contribution in [0.1, 0.15) is 36.1 Å². The van der Waals surface area contributed by atoms with Crippen LogP contribution in [-0.2, 0) is 42.2 Å². The number of para-hydroxylation sites is 1. The number of nitrogens with zero attached hydrogens (tertiary/aromatic N) is 3. The molecule has 1 aliphatic heterocycles. The van der Waals surface area contributed by atoms with Gasteiger partial charge in [-0.3, -0.25) is 14.5 Å². The van der Waals surface area contributed by atoms with Crippen molar-refractivity contribution in [3.8, 4) is 5.75 Å². The molecule has 5 rings (SSSR count). The van der Waals surface area contributed by atoms with Crippen LogP contribution in [0.3, 0.4) is 0 Å². The van der Waals surface area contributed by atoms with Gasteiger partial charge in [-0.05, 0) is 61.5 Å². The number of rotatable bonds is 9.